The molecule has 6 nitrogen and oxygen atoms in total. The highest BCUT2D eigenvalue weighted by molar-refractivity contribution is 5.79. The van der Waals surface area contributed by atoms with E-state index in [1.807, 2.05) is 27.1 Å². The Hall–Kier alpha value is -1.82. The van der Waals surface area contributed by atoms with E-state index in [1.165, 1.54) is 12.8 Å². The van der Waals surface area contributed by atoms with Gasteiger partial charge in [0.15, 0.2) is 5.96 Å². The molecule has 140 valence electrons. The fraction of sp³-hybridized carbons (Fsp3) is 0.684. The van der Waals surface area contributed by atoms with Crippen LogP contribution in [0.5, 0.6) is 5.75 Å². The van der Waals surface area contributed by atoms with Crippen LogP contribution in [0.1, 0.15) is 36.6 Å². The molecule has 1 heterocycles. The van der Waals surface area contributed by atoms with E-state index in [-0.39, 0.29) is 0 Å². The number of nitrogens with zero attached hydrogens (tertiary/aromatic N) is 3. The second kappa shape index (κ2) is 9.61. The minimum absolute atomic E-state index is 0.526. The van der Waals surface area contributed by atoms with Crippen molar-refractivity contribution < 1.29 is 9.47 Å². The molecule has 0 bridgehead atoms. The van der Waals surface area contributed by atoms with Crippen molar-refractivity contribution in [2.45, 2.75) is 40.2 Å². The second-order valence-electron chi connectivity index (χ2n) is 6.66. The third-order valence-corrected chi connectivity index (χ3v) is 4.45. The summed E-state index contributed by atoms with van der Waals surface area (Å²) in [5.41, 5.74) is 3.04. The van der Waals surface area contributed by atoms with Crippen molar-refractivity contribution in [2.24, 2.45) is 10.9 Å². The van der Waals surface area contributed by atoms with Crippen LogP contribution in [0.2, 0.25) is 0 Å². The number of likely N-dealkylation sites (N-methyl/N-ethyl adjacent to an activating group) is 1. The molecule has 25 heavy (non-hydrogen) atoms. The number of ether oxygens (including phenoxy) is 2. The molecule has 1 saturated carbocycles. The van der Waals surface area contributed by atoms with Gasteiger partial charge in [-0.05, 0) is 39.5 Å². The summed E-state index contributed by atoms with van der Waals surface area (Å²) in [6.07, 6.45) is 4.50. The van der Waals surface area contributed by atoms with Crippen LogP contribution in [-0.4, -0.2) is 56.3 Å². The Kier molecular flexibility index (Phi) is 7.50. The topological polar surface area (TPSA) is 59.0 Å². The van der Waals surface area contributed by atoms with Gasteiger partial charge in [0.2, 0.25) is 0 Å². The number of hydrogen-bond donors (Lipinski definition) is 1. The molecule has 0 aromatic carbocycles. The molecule has 1 aromatic rings. The second-order valence-corrected chi connectivity index (χ2v) is 6.66. The van der Waals surface area contributed by atoms with E-state index in [1.54, 1.807) is 7.11 Å². The molecule has 6 heteroatoms. The van der Waals surface area contributed by atoms with Crippen molar-refractivity contribution in [3.8, 4) is 5.75 Å². The fourth-order valence-electron chi connectivity index (χ4n) is 2.69. The van der Waals surface area contributed by atoms with Crippen molar-refractivity contribution in [1.29, 1.82) is 0 Å². The lowest BCUT2D eigenvalue weighted by molar-refractivity contribution is 0.115. The van der Waals surface area contributed by atoms with E-state index in [0.717, 1.165) is 60.8 Å². The summed E-state index contributed by atoms with van der Waals surface area (Å²) in [4.78, 5) is 11.4. The number of guanidine groups is 1. The summed E-state index contributed by atoms with van der Waals surface area (Å²) in [6.45, 7) is 9.92. The van der Waals surface area contributed by atoms with Gasteiger partial charge in [-0.2, -0.15) is 0 Å². The van der Waals surface area contributed by atoms with Gasteiger partial charge in [0.1, 0.15) is 5.75 Å². The lowest BCUT2D eigenvalue weighted by Gasteiger charge is -2.22. The molecule has 1 aromatic heterocycles. The minimum atomic E-state index is 0.526. The number of hydrogen-bond acceptors (Lipinski definition) is 4. The Bertz CT molecular complexity index is 585. The number of methoxy groups -OCH3 is 1. The predicted octanol–water partition coefficient (Wildman–Crippen LogP) is 2.53. The van der Waals surface area contributed by atoms with Gasteiger partial charge in [-0.15, -0.1) is 0 Å². The molecule has 0 radical (unpaired) electrons. The first-order chi connectivity index (χ1) is 12.1. The molecule has 1 N–H and O–H groups in total. The van der Waals surface area contributed by atoms with Gasteiger partial charge in [0, 0.05) is 44.1 Å². The molecule has 1 fully saturated rings. The molecule has 0 saturated heterocycles. The van der Waals surface area contributed by atoms with Gasteiger partial charge >= 0.3 is 0 Å². The van der Waals surface area contributed by atoms with E-state index in [9.17, 15) is 0 Å². The predicted molar refractivity (Wildman–Crippen MR) is 101 cm³/mol. The number of nitrogens with one attached hydrogen (secondary N) is 1. The first-order valence-electron chi connectivity index (χ1n) is 9.13. The molecule has 2 rings (SSSR count). The summed E-state index contributed by atoms with van der Waals surface area (Å²) >= 11 is 0. The van der Waals surface area contributed by atoms with E-state index in [2.05, 4.69) is 22.1 Å². The van der Waals surface area contributed by atoms with E-state index in [0.29, 0.717) is 6.54 Å². The average molecular weight is 348 g/mol. The number of aryl methyl sites for hydroxylation is 1. The third-order valence-electron chi connectivity index (χ3n) is 4.45. The first kappa shape index (κ1) is 19.5. The highest BCUT2D eigenvalue weighted by atomic mass is 16.5. The van der Waals surface area contributed by atoms with Crippen LogP contribution in [0.3, 0.4) is 0 Å². The Balaban J connectivity index is 1.95. The molecular formula is C19H32N4O2. The minimum Gasteiger partial charge on any atom is -0.496 e. The van der Waals surface area contributed by atoms with Crippen LogP contribution in [0.4, 0.5) is 0 Å². The Morgan fingerprint density at radius 2 is 2.16 bits per heavy atom. The number of aliphatic imine (C=N–C) groups is 1. The van der Waals surface area contributed by atoms with Crippen LogP contribution in [0.15, 0.2) is 11.2 Å². The lowest BCUT2D eigenvalue weighted by Crippen LogP contribution is -2.40. The summed E-state index contributed by atoms with van der Waals surface area (Å²) in [5.74, 6) is 2.57. The van der Waals surface area contributed by atoms with Gasteiger partial charge in [-0.3, -0.25) is 4.98 Å². The summed E-state index contributed by atoms with van der Waals surface area (Å²) in [7, 11) is 3.74. The maximum Gasteiger partial charge on any atom is 0.194 e. The number of aromatic nitrogens is 1. The Labute approximate surface area is 151 Å². The molecule has 1 aliphatic carbocycles. The van der Waals surface area contributed by atoms with Crippen LogP contribution in [-0.2, 0) is 11.3 Å². The molecule has 0 amide bonds. The maximum atomic E-state index is 5.73. The van der Waals surface area contributed by atoms with Gasteiger partial charge < -0.3 is 19.7 Å². The van der Waals surface area contributed by atoms with Crippen LogP contribution >= 0.6 is 0 Å². The maximum absolute atomic E-state index is 5.73. The molecule has 0 aliphatic heterocycles. The van der Waals surface area contributed by atoms with Gasteiger partial charge in [0.05, 0.1) is 26.0 Å². The standard InChI is InChI=1S/C19H32N4O2/c1-6-20-19(23(4)9-10-25-13-16-7-8-16)22-12-17-15(3)18(24-5)14(2)11-21-17/h11,16H,6-10,12-13H2,1-5H3,(H,20,22). The Morgan fingerprint density at radius 3 is 2.80 bits per heavy atom. The number of rotatable bonds is 9. The van der Waals surface area contributed by atoms with E-state index >= 15 is 0 Å². The largest absolute Gasteiger partial charge is 0.496 e. The zero-order valence-corrected chi connectivity index (χ0v) is 16.3. The smallest absolute Gasteiger partial charge is 0.194 e. The summed E-state index contributed by atoms with van der Waals surface area (Å²) < 4.78 is 11.2. The molecule has 0 atom stereocenters. The van der Waals surface area contributed by atoms with Crippen molar-refractivity contribution in [3.05, 3.63) is 23.0 Å². The van der Waals surface area contributed by atoms with E-state index in [4.69, 9.17) is 14.5 Å². The fourth-order valence-corrected chi connectivity index (χ4v) is 2.69. The summed E-state index contributed by atoms with van der Waals surface area (Å²) in [6, 6.07) is 0. The normalized spacial score (nSPS) is 14.5. The summed E-state index contributed by atoms with van der Waals surface area (Å²) in [5, 5.41) is 3.34. The van der Waals surface area contributed by atoms with Crippen molar-refractivity contribution >= 4 is 5.96 Å². The zero-order chi connectivity index (χ0) is 18.2. The first-order valence-corrected chi connectivity index (χ1v) is 9.13. The molecule has 1 aliphatic rings. The monoisotopic (exact) mass is 348 g/mol. The van der Waals surface area contributed by atoms with Crippen molar-refractivity contribution in [2.75, 3.05) is 40.5 Å². The van der Waals surface area contributed by atoms with Gasteiger partial charge in [-0.1, -0.05) is 0 Å². The zero-order valence-electron chi connectivity index (χ0n) is 16.3. The van der Waals surface area contributed by atoms with Crippen LogP contribution < -0.4 is 10.1 Å². The Morgan fingerprint density at radius 1 is 1.40 bits per heavy atom. The lowest BCUT2D eigenvalue weighted by atomic mass is 10.1. The highest BCUT2D eigenvalue weighted by Crippen LogP contribution is 2.28. The quantitative estimate of drug-likeness (QED) is 0.422. The van der Waals surface area contributed by atoms with Crippen molar-refractivity contribution in [3.63, 3.8) is 0 Å². The van der Waals surface area contributed by atoms with Gasteiger partial charge in [0.25, 0.3) is 0 Å². The van der Waals surface area contributed by atoms with Crippen molar-refractivity contribution in [1.82, 2.24) is 15.2 Å². The van der Waals surface area contributed by atoms with Gasteiger partial charge in [-0.25, -0.2) is 4.99 Å². The van der Waals surface area contributed by atoms with Crippen LogP contribution in [0, 0.1) is 19.8 Å². The number of pyridine rings is 1. The average Bonchev–Trinajstić information content (AvgIpc) is 3.41. The third kappa shape index (κ3) is 5.88. The van der Waals surface area contributed by atoms with Crippen LogP contribution in [0.25, 0.3) is 0 Å². The highest BCUT2D eigenvalue weighted by Gasteiger charge is 2.21. The molecule has 0 spiro atoms. The SMILES string of the molecule is CCNC(=NCc1ncc(C)c(OC)c1C)N(C)CCOCC1CC1. The molecular weight excluding hydrogens is 316 g/mol. The molecule has 0 unspecified atom stereocenters. The van der Waals surface area contributed by atoms with E-state index < -0.39 is 0 Å².